The molecule has 3 heterocycles. The molecule has 4 N–H and O–H groups in total. The van der Waals surface area contributed by atoms with E-state index in [1.165, 1.54) is 27.6 Å². The first-order chi connectivity index (χ1) is 26.7. The van der Waals surface area contributed by atoms with Crippen molar-refractivity contribution < 1.29 is 29.0 Å². The van der Waals surface area contributed by atoms with Crippen molar-refractivity contribution >= 4 is 40.7 Å². The number of amides is 4. The third-order valence-electron chi connectivity index (χ3n) is 9.47. The molecule has 0 saturated carbocycles. The maximum atomic E-state index is 14.2. The third kappa shape index (κ3) is 14.3. The molecule has 4 aromatic rings. The summed E-state index contributed by atoms with van der Waals surface area (Å²) in [6.07, 6.45) is 3.89. The number of aliphatic hydroxyl groups is 1. The molecule has 1 saturated heterocycles. The Balaban J connectivity index is 1.28. The summed E-state index contributed by atoms with van der Waals surface area (Å²) in [7, 11) is 1.68. The highest BCUT2D eigenvalue weighted by molar-refractivity contribution is 7.09. The standard InChI is InChI=1S/C40H53N7O6S2/c1-29(25-48)38-43-34(27-54-38)24-46(2)39(50)45-36(15-16-47-17-19-52-20-18-47)37(49)42-32(21-30-9-5-3-6-10-30)13-14-33(22-31-11-7-4-8-12-31)44-40(51)53-26-35-23-41-28-55-35/h3-12,23,27-29,32-33,36,48H,13-22,24-26H2,1-2H3,(H,42,49)(H,44,51)(H,45,50)/t29-,32+,33+,36-/m0/s1. The molecule has 55 heavy (non-hydrogen) atoms. The molecule has 1 aliphatic heterocycles. The summed E-state index contributed by atoms with van der Waals surface area (Å²) in [6, 6.07) is 18.2. The summed E-state index contributed by atoms with van der Waals surface area (Å²) in [5, 5.41) is 21.6. The normalized spacial score (nSPS) is 15.3. The summed E-state index contributed by atoms with van der Waals surface area (Å²) in [5.41, 5.74) is 4.56. The molecule has 0 spiro atoms. The highest BCUT2D eigenvalue weighted by atomic mass is 32.1. The fourth-order valence-electron chi connectivity index (χ4n) is 6.29. The molecule has 0 unspecified atom stereocenters. The van der Waals surface area contributed by atoms with Gasteiger partial charge in [0.1, 0.15) is 12.6 Å². The number of nitrogens with one attached hydrogen (secondary N) is 3. The summed E-state index contributed by atoms with van der Waals surface area (Å²) in [6.45, 7) is 5.72. The number of alkyl carbamates (subject to hydrolysis) is 1. The van der Waals surface area contributed by atoms with Crippen LogP contribution in [0.4, 0.5) is 9.59 Å². The van der Waals surface area contributed by atoms with Crippen LogP contribution >= 0.6 is 22.7 Å². The summed E-state index contributed by atoms with van der Waals surface area (Å²) in [4.78, 5) is 54.1. The topological polar surface area (TPSA) is 158 Å². The Morgan fingerprint density at radius 1 is 0.927 bits per heavy atom. The highest BCUT2D eigenvalue weighted by Gasteiger charge is 2.27. The van der Waals surface area contributed by atoms with Gasteiger partial charge in [0.25, 0.3) is 0 Å². The lowest BCUT2D eigenvalue weighted by atomic mass is 9.95. The van der Waals surface area contributed by atoms with Crippen molar-refractivity contribution in [3.05, 3.63) is 104 Å². The molecule has 0 bridgehead atoms. The number of hydrogen-bond acceptors (Lipinski definition) is 11. The van der Waals surface area contributed by atoms with E-state index in [-0.39, 0.29) is 49.7 Å². The minimum atomic E-state index is -0.795. The zero-order valence-electron chi connectivity index (χ0n) is 31.6. The molecule has 4 atom stereocenters. The SMILES string of the molecule is C[C@@H](CO)c1nc(CN(C)C(=O)N[C@@H](CCN2CCOCC2)C(=O)N[C@H](CC[C@H](Cc2ccccc2)NC(=O)OCc2cncs2)Cc2ccccc2)cs1. The minimum absolute atomic E-state index is 0.000708. The molecule has 2 aromatic carbocycles. The Morgan fingerprint density at radius 3 is 2.20 bits per heavy atom. The molecule has 0 aliphatic carbocycles. The number of morpholine rings is 1. The smallest absolute Gasteiger partial charge is 0.407 e. The highest BCUT2D eigenvalue weighted by Crippen LogP contribution is 2.20. The number of urea groups is 1. The molecule has 15 heteroatoms. The van der Waals surface area contributed by atoms with Crippen molar-refractivity contribution in [3.63, 3.8) is 0 Å². The lowest BCUT2D eigenvalue weighted by Crippen LogP contribution is -2.54. The van der Waals surface area contributed by atoms with Crippen molar-refractivity contribution in [2.45, 2.75) is 76.2 Å². The number of rotatable bonds is 20. The average Bonchev–Trinajstić information content (AvgIpc) is 3.91. The van der Waals surface area contributed by atoms with Crippen LogP contribution in [-0.4, -0.2) is 108 Å². The van der Waals surface area contributed by atoms with Crippen LogP contribution in [0.5, 0.6) is 0 Å². The predicted octanol–water partition coefficient (Wildman–Crippen LogP) is 4.97. The number of aliphatic hydroxyl groups excluding tert-OH is 1. The van der Waals surface area contributed by atoms with Gasteiger partial charge in [-0.3, -0.25) is 14.7 Å². The number of benzene rings is 2. The van der Waals surface area contributed by atoms with Crippen molar-refractivity contribution in [2.75, 3.05) is 46.5 Å². The molecule has 0 radical (unpaired) electrons. The third-order valence-corrected chi connectivity index (χ3v) is 11.4. The van der Waals surface area contributed by atoms with E-state index >= 15 is 0 Å². The molecule has 296 valence electrons. The van der Waals surface area contributed by atoms with Crippen LogP contribution in [0.3, 0.4) is 0 Å². The largest absolute Gasteiger partial charge is 0.444 e. The lowest BCUT2D eigenvalue weighted by Gasteiger charge is -2.30. The molecular weight excluding hydrogens is 739 g/mol. The van der Waals surface area contributed by atoms with Gasteiger partial charge in [-0.15, -0.1) is 22.7 Å². The van der Waals surface area contributed by atoms with Gasteiger partial charge in [0.05, 0.1) is 47.5 Å². The van der Waals surface area contributed by atoms with Gasteiger partial charge in [-0.25, -0.2) is 14.6 Å². The Labute approximate surface area is 331 Å². The molecule has 1 aliphatic rings. The lowest BCUT2D eigenvalue weighted by molar-refractivity contribution is -0.124. The van der Waals surface area contributed by atoms with E-state index in [9.17, 15) is 19.5 Å². The van der Waals surface area contributed by atoms with Crippen LogP contribution in [0.2, 0.25) is 0 Å². The van der Waals surface area contributed by atoms with Crippen LogP contribution in [0.1, 0.15) is 58.8 Å². The number of carbonyl (C=O) groups excluding carboxylic acids is 3. The van der Waals surface area contributed by atoms with E-state index in [4.69, 9.17) is 9.47 Å². The maximum Gasteiger partial charge on any atom is 0.407 e. The van der Waals surface area contributed by atoms with Crippen LogP contribution in [-0.2, 0) is 40.3 Å². The molecule has 13 nitrogen and oxygen atoms in total. The van der Waals surface area contributed by atoms with Crippen molar-refractivity contribution in [2.24, 2.45) is 0 Å². The van der Waals surface area contributed by atoms with Crippen molar-refractivity contribution in [1.29, 1.82) is 0 Å². The Bertz CT molecular complexity index is 1720. The monoisotopic (exact) mass is 791 g/mol. The number of carbonyl (C=O) groups is 3. The maximum absolute atomic E-state index is 14.2. The summed E-state index contributed by atoms with van der Waals surface area (Å²) in [5.74, 6) is -0.345. The molecular formula is C40H53N7O6S2. The second-order valence-corrected chi connectivity index (χ2v) is 15.8. The van der Waals surface area contributed by atoms with Gasteiger partial charge in [-0.05, 0) is 43.2 Å². The van der Waals surface area contributed by atoms with E-state index in [1.54, 1.807) is 18.8 Å². The van der Waals surface area contributed by atoms with Gasteiger partial charge in [0.2, 0.25) is 5.91 Å². The van der Waals surface area contributed by atoms with Crippen LogP contribution in [0.15, 0.2) is 77.8 Å². The van der Waals surface area contributed by atoms with E-state index in [2.05, 4.69) is 30.8 Å². The number of thiazole rings is 2. The summed E-state index contributed by atoms with van der Waals surface area (Å²) < 4.78 is 11.0. The van der Waals surface area contributed by atoms with E-state index in [1.807, 2.05) is 73.0 Å². The second-order valence-electron chi connectivity index (χ2n) is 13.9. The number of hydrogen-bond donors (Lipinski definition) is 4. The van der Waals surface area contributed by atoms with Crippen LogP contribution < -0.4 is 16.0 Å². The summed E-state index contributed by atoms with van der Waals surface area (Å²) >= 11 is 2.88. The second kappa shape index (κ2) is 22.2. The molecule has 5 rings (SSSR count). The number of ether oxygens (including phenoxy) is 2. The minimum Gasteiger partial charge on any atom is -0.444 e. The zero-order chi connectivity index (χ0) is 38.8. The average molecular weight is 792 g/mol. The van der Waals surface area contributed by atoms with Gasteiger partial charge < -0.3 is 35.4 Å². The Morgan fingerprint density at radius 2 is 1.58 bits per heavy atom. The quantitative estimate of drug-likeness (QED) is 0.0970. The van der Waals surface area contributed by atoms with Crippen LogP contribution in [0, 0.1) is 0 Å². The first-order valence-corrected chi connectivity index (χ1v) is 20.6. The Hall–Kier alpha value is -4.41. The van der Waals surface area contributed by atoms with Gasteiger partial charge in [-0.2, -0.15) is 0 Å². The predicted molar refractivity (Wildman–Crippen MR) is 214 cm³/mol. The van der Waals surface area contributed by atoms with Gasteiger partial charge in [-0.1, -0.05) is 67.6 Å². The zero-order valence-corrected chi connectivity index (χ0v) is 33.2. The molecule has 1 fully saturated rings. The first-order valence-electron chi connectivity index (χ1n) is 18.8. The fourth-order valence-corrected chi connectivity index (χ4v) is 7.66. The van der Waals surface area contributed by atoms with Crippen molar-refractivity contribution in [1.82, 2.24) is 35.7 Å². The van der Waals surface area contributed by atoms with E-state index in [0.29, 0.717) is 51.9 Å². The number of aromatic nitrogens is 2. The van der Waals surface area contributed by atoms with Gasteiger partial charge in [0.15, 0.2) is 0 Å². The van der Waals surface area contributed by atoms with E-state index in [0.717, 1.165) is 39.8 Å². The van der Waals surface area contributed by atoms with E-state index < -0.39 is 12.1 Å². The van der Waals surface area contributed by atoms with Crippen LogP contribution in [0.25, 0.3) is 0 Å². The molecule has 2 aromatic heterocycles. The van der Waals surface area contributed by atoms with Crippen molar-refractivity contribution in [3.8, 4) is 0 Å². The Kier molecular flexibility index (Phi) is 16.9. The molecule has 4 amide bonds. The van der Waals surface area contributed by atoms with Gasteiger partial charge in [0, 0.05) is 56.3 Å². The van der Waals surface area contributed by atoms with Gasteiger partial charge >= 0.3 is 12.1 Å². The first kappa shape index (κ1) is 41.7. The fraction of sp³-hybridized carbons (Fsp3) is 0.475. The number of nitrogens with zero attached hydrogens (tertiary/aromatic N) is 4.